The van der Waals surface area contributed by atoms with Crippen LogP contribution < -0.4 is 0 Å². The third kappa shape index (κ3) is 1.87. The van der Waals surface area contributed by atoms with E-state index in [2.05, 4.69) is 78.9 Å². The van der Waals surface area contributed by atoms with Crippen LogP contribution in [0.5, 0.6) is 0 Å². The number of rotatable bonds is 1. The molecule has 0 bridgehead atoms. The van der Waals surface area contributed by atoms with Crippen molar-refractivity contribution >= 4 is 31.5 Å². The predicted octanol–water partition coefficient (Wildman–Crippen LogP) is 6.00. The van der Waals surface area contributed by atoms with Gasteiger partial charge < -0.3 is 0 Å². The molecule has 0 nitrogen and oxygen atoms in total. The fraction of sp³-hybridized carbons (Fsp3) is 0. The van der Waals surface area contributed by atoms with Crippen LogP contribution in [0.4, 0.5) is 0 Å². The van der Waals surface area contributed by atoms with Crippen LogP contribution in [-0.2, 0) is 0 Å². The highest BCUT2D eigenvalue weighted by Gasteiger charge is 2.13. The Kier molecular flexibility index (Phi) is 2.71. The molecule has 20 heavy (non-hydrogen) atoms. The highest BCUT2D eigenvalue weighted by atomic mass is 32.1. The summed E-state index contributed by atoms with van der Waals surface area (Å²) in [4.78, 5) is 0. The summed E-state index contributed by atoms with van der Waals surface area (Å²) >= 11 is 1.86. The first kappa shape index (κ1) is 11.6. The van der Waals surface area contributed by atoms with Crippen LogP contribution in [0.25, 0.3) is 31.3 Å². The molecule has 94 valence electrons. The summed E-state index contributed by atoms with van der Waals surface area (Å²) in [5.41, 5.74) is 2.59. The van der Waals surface area contributed by atoms with Gasteiger partial charge in [0.15, 0.2) is 0 Å². The van der Waals surface area contributed by atoms with Gasteiger partial charge in [-0.1, -0.05) is 54.6 Å². The monoisotopic (exact) mass is 273 g/mol. The lowest BCUT2D eigenvalue weighted by Crippen LogP contribution is -1.80. The zero-order chi connectivity index (χ0) is 13.4. The fourth-order valence-corrected chi connectivity index (χ4v) is 3.67. The van der Waals surface area contributed by atoms with Crippen molar-refractivity contribution in [2.45, 2.75) is 0 Å². The number of fused-ring (bicyclic) bond motifs is 2. The van der Waals surface area contributed by atoms with Gasteiger partial charge in [-0.2, -0.15) is 0 Å². The molecule has 4 rings (SSSR count). The topological polar surface area (TPSA) is 0 Å². The molecule has 0 N–H and O–H groups in total. The lowest BCUT2D eigenvalue weighted by molar-refractivity contribution is 1.67. The Balaban J connectivity index is 2.09. The lowest BCUT2D eigenvalue weighted by Gasteiger charge is -2.03. The Morgan fingerprint density at radius 3 is 2.25 bits per heavy atom. The van der Waals surface area contributed by atoms with Crippen molar-refractivity contribution in [3.05, 3.63) is 78.9 Å². The second-order valence-corrected chi connectivity index (χ2v) is 5.95. The number of hydrogen-bond acceptors (Lipinski definition) is 0. The SMILES string of the molecule is c1ccc(-c2cccc3[s+]c4ccccc4cc23)cc1. The molecule has 0 saturated carbocycles. The summed E-state index contributed by atoms with van der Waals surface area (Å²) in [6.07, 6.45) is 0. The second kappa shape index (κ2) is 4.69. The van der Waals surface area contributed by atoms with Crippen molar-refractivity contribution in [3.8, 4) is 11.1 Å². The van der Waals surface area contributed by atoms with E-state index in [0.717, 1.165) is 0 Å². The van der Waals surface area contributed by atoms with Gasteiger partial charge in [0, 0.05) is 22.9 Å². The van der Waals surface area contributed by atoms with Crippen LogP contribution in [0.15, 0.2) is 78.9 Å². The maximum Gasteiger partial charge on any atom is 0.239 e. The van der Waals surface area contributed by atoms with Crippen LogP contribution >= 0.6 is 11.3 Å². The van der Waals surface area contributed by atoms with Crippen LogP contribution in [0, 0.1) is 0 Å². The molecule has 0 saturated heterocycles. The second-order valence-electron chi connectivity index (χ2n) is 4.87. The van der Waals surface area contributed by atoms with E-state index in [1.165, 1.54) is 31.3 Å². The Morgan fingerprint density at radius 1 is 0.600 bits per heavy atom. The van der Waals surface area contributed by atoms with Crippen molar-refractivity contribution in [2.24, 2.45) is 0 Å². The van der Waals surface area contributed by atoms with E-state index in [1.54, 1.807) is 0 Å². The molecular formula is C19H13S+. The maximum atomic E-state index is 2.31. The summed E-state index contributed by atoms with van der Waals surface area (Å²) in [6, 6.07) is 28.1. The van der Waals surface area contributed by atoms with E-state index in [9.17, 15) is 0 Å². The molecule has 1 aromatic heterocycles. The molecular weight excluding hydrogens is 260 g/mol. The summed E-state index contributed by atoms with van der Waals surface area (Å²) in [5.74, 6) is 0. The van der Waals surface area contributed by atoms with Crippen LogP contribution in [0.1, 0.15) is 0 Å². The van der Waals surface area contributed by atoms with Gasteiger partial charge in [0.25, 0.3) is 0 Å². The van der Waals surface area contributed by atoms with Gasteiger partial charge in [-0.05, 0) is 23.3 Å². The molecule has 1 heterocycles. The molecule has 0 fully saturated rings. The highest BCUT2D eigenvalue weighted by molar-refractivity contribution is 7.24. The summed E-state index contributed by atoms with van der Waals surface area (Å²) in [5, 5.41) is 2.65. The minimum absolute atomic E-state index is 1.28. The van der Waals surface area contributed by atoms with Crippen molar-refractivity contribution in [3.63, 3.8) is 0 Å². The normalized spacial score (nSPS) is 11.0. The highest BCUT2D eigenvalue weighted by Crippen LogP contribution is 2.34. The number of benzene rings is 3. The molecule has 0 atom stereocenters. The first-order valence-corrected chi connectivity index (χ1v) is 7.53. The molecule has 0 amide bonds. The fourth-order valence-electron chi connectivity index (χ4n) is 2.62. The average Bonchev–Trinajstić information content (AvgIpc) is 2.53. The summed E-state index contributed by atoms with van der Waals surface area (Å²) in [6.45, 7) is 0. The first-order valence-electron chi connectivity index (χ1n) is 6.72. The third-order valence-electron chi connectivity index (χ3n) is 3.59. The minimum Gasteiger partial charge on any atom is -0.0622 e. The van der Waals surface area contributed by atoms with Gasteiger partial charge in [-0.15, -0.1) is 0 Å². The third-order valence-corrected chi connectivity index (χ3v) is 4.76. The van der Waals surface area contributed by atoms with Gasteiger partial charge in [-0.3, -0.25) is 0 Å². The van der Waals surface area contributed by atoms with Crippen LogP contribution in [0.2, 0.25) is 0 Å². The zero-order valence-electron chi connectivity index (χ0n) is 10.9. The molecule has 1 heteroatoms. The lowest BCUT2D eigenvalue weighted by atomic mass is 10.0. The van der Waals surface area contributed by atoms with E-state index in [0.29, 0.717) is 0 Å². The van der Waals surface area contributed by atoms with Crippen molar-refractivity contribution in [1.82, 2.24) is 0 Å². The van der Waals surface area contributed by atoms with E-state index in [4.69, 9.17) is 0 Å². The predicted molar refractivity (Wildman–Crippen MR) is 89.2 cm³/mol. The minimum atomic E-state index is 1.28. The molecule has 0 radical (unpaired) electrons. The van der Waals surface area contributed by atoms with Crippen molar-refractivity contribution < 1.29 is 0 Å². The standard InChI is InChI=1S/C19H13S/c1-2-7-14(8-3-1)16-10-6-12-19-17(16)13-15-9-4-5-11-18(15)20-19/h1-13H/q+1. The summed E-state index contributed by atoms with van der Waals surface area (Å²) < 4.78 is 2.68. The van der Waals surface area contributed by atoms with Crippen LogP contribution in [0.3, 0.4) is 0 Å². The molecule has 0 spiro atoms. The Labute approximate surface area is 122 Å². The van der Waals surface area contributed by atoms with Gasteiger partial charge >= 0.3 is 0 Å². The maximum absolute atomic E-state index is 2.31. The molecule has 0 aliphatic heterocycles. The quantitative estimate of drug-likeness (QED) is 0.294. The van der Waals surface area contributed by atoms with E-state index in [-0.39, 0.29) is 0 Å². The zero-order valence-corrected chi connectivity index (χ0v) is 11.7. The molecule has 0 aliphatic carbocycles. The molecule has 4 aromatic rings. The Hall–Kier alpha value is -2.25. The average molecular weight is 273 g/mol. The van der Waals surface area contributed by atoms with Gasteiger partial charge in [0.2, 0.25) is 20.7 Å². The van der Waals surface area contributed by atoms with Gasteiger partial charge in [0.1, 0.15) is 0 Å². The smallest absolute Gasteiger partial charge is 0.0622 e. The van der Waals surface area contributed by atoms with Gasteiger partial charge in [0.05, 0.1) is 0 Å². The Morgan fingerprint density at radius 2 is 1.35 bits per heavy atom. The molecule has 3 aromatic carbocycles. The molecule has 0 unspecified atom stereocenters. The molecule has 0 aliphatic rings. The first-order chi connectivity index (χ1) is 9.92. The van der Waals surface area contributed by atoms with Crippen molar-refractivity contribution in [2.75, 3.05) is 0 Å². The van der Waals surface area contributed by atoms with E-state index >= 15 is 0 Å². The van der Waals surface area contributed by atoms with E-state index < -0.39 is 0 Å². The van der Waals surface area contributed by atoms with Crippen molar-refractivity contribution in [1.29, 1.82) is 0 Å². The Bertz CT molecular complexity index is 895. The van der Waals surface area contributed by atoms with E-state index in [1.807, 2.05) is 11.3 Å². The largest absolute Gasteiger partial charge is 0.239 e. The van der Waals surface area contributed by atoms with Gasteiger partial charge in [-0.25, -0.2) is 0 Å². The summed E-state index contributed by atoms with van der Waals surface area (Å²) in [7, 11) is 0. The van der Waals surface area contributed by atoms with Crippen LogP contribution in [-0.4, -0.2) is 0 Å². The number of hydrogen-bond donors (Lipinski definition) is 0.